The Morgan fingerprint density at radius 3 is 2.78 bits per heavy atom. The number of pyridine rings is 1. The summed E-state index contributed by atoms with van der Waals surface area (Å²) in [6.45, 7) is 6.62. The first-order valence-corrected chi connectivity index (χ1v) is 8.26. The van der Waals surface area contributed by atoms with Crippen molar-refractivity contribution in [3.05, 3.63) is 48.2 Å². The summed E-state index contributed by atoms with van der Waals surface area (Å²) in [5.41, 5.74) is 3.31. The lowest BCUT2D eigenvalue weighted by molar-refractivity contribution is 0.0545. The van der Waals surface area contributed by atoms with Crippen LogP contribution in [0.4, 0.5) is 0 Å². The van der Waals surface area contributed by atoms with Crippen molar-refractivity contribution in [3.8, 4) is 17.0 Å². The molecule has 0 aliphatic carbocycles. The SMILES string of the molecule is CC(C)Oc1ncccc1-c1ccccc1CO[C@H]1CCNC1. The molecule has 0 radical (unpaired) electrons. The molecule has 1 N–H and O–H groups in total. The molecule has 1 saturated heterocycles. The van der Waals surface area contributed by atoms with Gasteiger partial charge in [0.2, 0.25) is 5.88 Å². The van der Waals surface area contributed by atoms with Crippen LogP contribution in [0.25, 0.3) is 11.1 Å². The summed E-state index contributed by atoms with van der Waals surface area (Å²) < 4.78 is 11.9. The minimum Gasteiger partial charge on any atom is -0.475 e. The average molecular weight is 312 g/mol. The predicted octanol–water partition coefficient (Wildman–Crippen LogP) is 3.41. The number of ether oxygens (including phenoxy) is 2. The summed E-state index contributed by atoms with van der Waals surface area (Å²) in [6.07, 6.45) is 3.25. The van der Waals surface area contributed by atoms with Gasteiger partial charge in [0.25, 0.3) is 0 Å². The molecule has 0 bridgehead atoms. The number of rotatable bonds is 6. The highest BCUT2D eigenvalue weighted by molar-refractivity contribution is 5.71. The normalized spacial score (nSPS) is 17.6. The highest BCUT2D eigenvalue weighted by Crippen LogP contribution is 2.31. The highest BCUT2D eigenvalue weighted by atomic mass is 16.5. The third-order valence-electron chi connectivity index (χ3n) is 3.92. The molecule has 1 aromatic heterocycles. The van der Waals surface area contributed by atoms with Crippen molar-refractivity contribution in [2.45, 2.75) is 39.1 Å². The minimum absolute atomic E-state index is 0.0941. The minimum atomic E-state index is 0.0941. The Balaban J connectivity index is 1.85. The Morgan fingerprint density at radius 2 is 2.00 bits per heavy atom. The number of hydrogen-bond acceptors (Lipinski definition) is 4. The second-order valence-electron chi connectivity index (χ2n) is 6.11. The van der Waals surface area contributed by atoms with Crippen LogP contribution >= 0.6 is 0 Å². The van der Waals surface area contributed by atoms with Crippen molar-refractivity contribution < 1.29 is 9.47 Å². The molecule has 1 fully saturated rings. The van der Waals surface area contributed by atoms with Gasteiger partial charge in [-0.1, -0.05) is 24.3 Å². The van der Waals surface area contributed by atoms with E-state index < -0.39 is 0 Å². The van der Waals surface area contributed by atoms with Gasteiger partial charge >= 0.3 is 0 Å². The lowest BCUT2D eigenvalue weighted by Gasteiger charge is -2.17. The zero-order chi connectivity index (χ0) is 16.1. The Morgan fingerprint density at radius 1 is 1.17 bits per heavy atom. The average Bonchev–Trinajstić information content (AvgIpc) is 3.07. The van der Waals surface area contributed by atoms with Crippen LogP contribution in [0.3, 0.4) is 0 Å². The van der Waals surface area contributed by atoms with Crippen LogP contribution in [-0.4, -0.2) is 30.3 Å². The van der Waals surface area contributed by atoms with E-state index in [2.05, 4.69) is 34.6 Å². The lowest BCUT2D eigenvalue weighted by Crippen LogP contribution is -2.16. The monoisotopic (exact) mass is 312 g/mol. The number of aromatic nitrogens is 1. The summed E-state index contributed by atoms with van der Waals surface area (Å²) in [6, 6.07) is 12.3. The van der Waals surface area contributed by atoms with Crippen molar-refractivity contribution in [1.82, 2.24) is 10.3 Å². The number of nitrogens with zero attached hydrogens (tertiary/aromatic N) is 1. The van der Waals surface area contributed by atoms with Crippen LogP contribution in [0.15, 0.2) is 42.6 Å². The van der Waals surface area contributed by atoms with Crippen LogP contribution in [0, 0.1) is 0 Å². The van der Waals surface area contributed by atoms with Crippen molar-refractivity contribution in [1.29, 1.82) is 0 Å². The fourth-order valence-electron chi connectivity index (χ4n) is 2.80. The van der Waals surface area contributed by atoms with Crippen LogP contribution in [0.2, 0.25) is 0 Å². The second kappa shape index (κ2) is 7.57. The van der Waals surface area contributed by atoms with Crippen molar-refractivity contribution >= 4 is 0 Å². The Labute approximate surface area is 137 Å². The maximum absolute atomic E-state index is 6.05. The van der Waals surface area contributed by atoms with Crippen LogP contribution in [0.5, 0.6) is 5.88 Å². The maximum atomic E-state index is 6.05. The summed E-state index contributed by atoms with van der Waals surface area (Å²) in [5.74, 6) is 0.678. The smallest absolute Gasteiger partial charge is 0.221 e. The quantitative estimate of drug-likeness (QED) is 0.887. The summed E-state index contributed by atoms with van der Waals surface area (Å²) in [7, 11) is 0. The fourth-order valence-corrected chi connectivity index (χ4v) is 2.80. The Hall–Kier alpha value is -1.91. The third kappa shape index (κ3) is 4.09. The largest absolute Gasteiger partial charge is 0.475 e. The molecule has 0 amide bonds. The molecule has 4 nitrogen and oxygen atoms in total. The predicted molar refractivity (Wildman–Crippen MR) is 91.5 cm³/mol. The molecule has 0 saturated carbocycles. The molecule has 0 unspecified atom stereocenters. The van der Waals surface area contributed by atoms with Gasteiger partial charge in [-0.05, 0) is 50.1 Å². The zero-order valence-electron chi connectivity index (χ0n) is 13.8. The Kier molecular flexibility index (Phi) is 5.26. The molecule has 1 atom stereocenters. The van der Waals surface area contributed by atoms with Crippen LogP contribution < -0.4 is 10.1 Å². The number of benzene rings is 1. The molecule has 2 aromatic rings. The van der Waals surface area contributed by atoms with E-state index in [1.165, 1.54) is 5.56 Å². The first-order valence-electron chi connectivity index (χ1n) is 8.26. The third-order valence-corrected chi connectivity index (χ3v) is 3.92. The molecular formula is C19H24N2O2. The van der Waals surface area contributed by atoms with Crippen LogP contribution in [0.1, 0.15) is 25.8 Å². The number of hydrogen-bond donors (Lipinski definition) is 1. The van der Waals surface area contributed by atoms with Gasteiger partial charge in [-0.2, -0.15) is 0 Å². The summed E-state index contributed by atoms with van der Waals surface area (Å²) in [5, 5.41) is 3.33. The van der Waals surface area contributed by atoms with Gasteiger partial charge in [0.15, 0.2) is 0 Å². The first kappa shape index (κ1) is 16.0. The van der Waals surface area contributed by atoms with Gasteiger partial charge in [0.1, 0.15) is 0 Å². The maximum Gasteiger partial charge on any atom is 0.221 e. The fraction of sp³-hybridized carbons (Fsp3) is 0.421. The molecule has 122 valence electrons. The van der Waals surface area contributed by atoms with Gasteiger partial charge in [-0.15, -0.1) is 0 Å². The van der Waals surface area contributed by atoms with E-state index in [9.17, 15) is 0 Å². The highest BCUT2D eigenvalue weighted by Gasteiger charge is 2.17. The van der Waals surface area contributed by atoms with E-state index in [1.807, 2.05) is 26.0 Å². The molecule has 3 rings (SSSR count). The first-order chi connectivity index (χ1) is 11.2. The van der Waals surface area contributed by atoms with E-state index in [0.29, 0.717) is 18.6 Å². The van der Waals surface area contributed by atoms with Gasteiger partial charge in [0.05, 0.1) is 18.8 Å². The van der Waals surface area contributed by atoms with Gasteiger partial charge < -0.3 is 14.8 Å². The van der Waals surface area contributed by atoms with E-state index >= 15 is 0 Å². The van der Waals surface area contributed by atoms with Crippen molar-refractivity contribution in [3.63, 3.8) is 0 Å². The zero-order valence-corrected chi connectivity index (χ0v) is 13.8. The lowest BCUT2D eigenvalue weighted by atomic mass is 10.0. The van der Waals surface area contributed by atoms with E-state index in [1.54, 1.807) is 6.20 Å². The molecule has 23 heavy (non-hydrogen) atoms. The van der Waals surface area contributed by atoms with E-state index in [0.717, 1.165) is 30.6 Å². The summed E-state index contributed by atoms with van der Waals surface area (Å²) in [4.78, 5) is 4.40. The van der Waals surface area contributed by atoms with Crippen molar-refractivity contribution in [2.75, 3.05) is 13.1 Å². The molecule has 1 aliphatic rings. The van der Waals surface area contributed by atoms with Crippen molar-refractivity contribution in [2.24, 2.45) is 0 Å². The molecule has 0 spiro atoms. The molecule has 1 aromatic carbocycles. The van der Waals surface area contributed by atoms with Gasteiger partial charge in [0, 0.05) is 18.3 Å². The van der Waals surface area contributed by atoms with Gasteiger partial charge in [-0.25, -0.2) is 4.98 Å². The molecular weight excluding hydrogens is 288 g/mol. The standard InChI is InChI=1S/C19H24N2O2/c1-14(2)23-19-18(8-5-10-21-19)17-7-4-3-6-15(17)13-22-16-9-11-20-12-16/h3-8,10,14,16,20H,9,11-13H2,1-2H3/t16-/m0/s1. The van der Waals surface area contributed by atoms with Gasteiger partial charge in [-0.3, -0.25) is 0 Å². The molecule has 2 heterocycles. The number of nitrogens with one attached hydrogen (secondary N) is 1. The van der Waals surface area contributed by atoms with E-state index in [4.69, 9.17) is 9.47 Å². The van der Waals surface area contributed by atoms with E-state index in [-0.39, 0.29) is 6.10 Å². The van der Waals surface area contributed by atoms with Crippen LogP contribution in [-0.2, 0) is 11.3 Å². The molecule has 4 heteroatoms. The topological polar surface area (TPSA) is 43.4 Å². The Bertz CT molecular complexity index is 637. The second-order valence-corrected chi connectivity index (χ2v) is 6.11. The molecule has 1 aliphatic heterocycles. The summed E-state index contributed by atoms with van der Waals surface area (Å²) >= 11 is 0.